The maximum absolute atomic E-state index is 13.3. The Morgan fingerprint density at radius 2 is 1.84 bits per heavy atom. The van der Waals surface area contributed by atoms with Gasteiger partial charge in [-0.2, -0.15) is 0 Å². The van der Waals surface area contributed by atoms with Gasteiger partial charge in [0.25, 0.3) is 0 Å². The molecular weight excluding hydrogens is 566 g/mol. The summed E-state index contributed by atoms with van der Waals surface area (Å²) in [7, 11) is 3.37. The van der Waals surface area contributed by atoms with Crippen LogP contribution < -0.4 is 24.4 Å². The van der Waals surface area contributed by atoms with E-state index in [1.807, 2.05) is 39.0 Å². The summed E-state index contributed by atoms with van der Waals surface area (Å²) in [5.41, 5.74) is 3.54. The molecule has 5 rings (SSSR count). The van der Waals surface area contributed by atoms with Crippen molar-refractivity contribution in [1.82, 2.24) is 14.7 Å². The predicted octanol–water partition coefficient (Wildman–Crippen LogP) is 4.83. The average Bonchev–Trinajstić information content (AvgIpc) is 3.31. The van der Waals surface area contributed by atoms with Crippen molar-refractivity contribution in [2.75, 3.05) is 44.6 Å². The van der Waals surface area contributed by atoms with E-state index in [1.54, 1.807) is 20.4 Å². The molecule has 1 fully saturated rings. The molecule has 0 amide bonds. The fourth-order valence-corrected chi connectivity index (χ4v) is 6.94. The normalized spacial score (nSPS) is 18.2. The van der Waals surface area contributed by atoms with E-state index < -0.39 is 17.0 Å². The summed E-state index contributed by atoms with van der Waals surface area (Å²) in [6.45, 7) is 7.75. The second-order valence-corrected chi connectivity index (χ2v) is 14.1. The van der Waals surface area contributed by atoms with Gasteiger partial charge in [-0.3, -0.25) is 0 Å². The maximum atomic E-state index is 13.3. The number of hydrogen-bond acceptors (Lipinski definition) is 9. The molecule has 2 aliphatic rings. The minimum Gasteiger partial charge on any atom is -0.497 e. The number of piperidine rings is 1. The lowest BCUT2D eigenvalue weighted by molar-refractivity contribution is 0.0594. The Hall–Kier alpha value is -3.70. The van der Waals surface area contributed by atoms with Crippen molar-refractivity contribution in [3.63, 3.8) is 0 Å². The highest BCUT2D eigenvalue weighted by Gasteiger charge is 2.49. The van der Waals surface area contributed by atoms with Gasteiger partial charge in [-0.15, -0.1) is 0 Å². The molecule has 2 aromatic carbocycles. The molecule has 10 nitrogen and oxygen atoms in total. The van der Waals surface area contributed by atoms with Crippen molar-refractivity contribution < 1.29 is 23.2 Å². The Kier molecular flexibility index (Phi) is 8.94. The van der Waals surface area contributed by atoms with Crippen LogP contribution in [0, 0.1) is 5.41 Å². The lowest BCUT2D eigenvalue weighted by Gasteiger charge is -2.44. The molecule has 1 aliphatic heterocycles. The van der Waals surface area contributed by atoms with Gasteiger partial charge in [0, 0.05) is 31.3 Å². The summed E-state index contributed by atoms with van der Waals surface area (Å²) < 4.78 is 32.3. The van der Waals surface area contributed by atoms with Crippen LogP contribution in [0.2, 0.25) is 0 Å². The number of carbonyl (C=O) groups is 1. The molecule has 230 valence electrons. The second-order valence-electron chi connectivity index (χ2n) is 12.1. The summed E-state index contributed by atoms with van der Waals surface area (Å²) in [6.07, 6.45) is 4.14. The minimum absolute atomic E-state index is 0.0236. The number of anilines is 2. The third-order valence-corrected chi connectivity index (χ3v) is 10.0. The largest absolute Gasteiger partial charge is 0.497 e. The zero-order chi connectivity index (χ0) is 30.8. The third kappa shape index (κ3) is 6.33. The van der Waals surface area contributed by atoms with Crippen LogP contribution in [-0.2, 0) is 28.7 Å². The molecule has 1 spiro atoms. The molecule has 2 heterocycles. The number of benzene rings is 2. The van der Waals surface area contributed by atoms with Gasteiger partial charge < -0.3 is 24.4 Å². The highest BCUT2D eigenvalue weighted by atomic mass is 32.2. The number of aromatic nitrogens is 2. The summed E-state index contributed by atoms with van der Waals surface area (Å²) in [6, 6.07) is 14.1. The van der Waals surface area contributed by atoms with Crippen LogP contribution in [0.25, 0.3) is 0 Å². The third-order valence-electron chi connectivity index (χ3n) is 8.45. The first-order valence-electron chi connectivity index (χ1n) is 14.5. The van der Waals surface area contributed by atoms with Crippen LogP contribution in [-0.4, -0.2) is 59.3 Å². The topological polar surface area (TPSA) is 115 Å². The number of ether oxygens (including phenoxy) is 3. The van der Waals surface area contributed by atoms with Crippen molar-refractivity contribution in [2.24, 2.45) is 5.41 Å². The van der Waals surface area contributed by atoms with Crippen LogP contribution in [0.15, 0.2) is 48.7 Å². The van der Waals surface area contributed by atoms with Crippen LogP contribution in [0.1, 0.15) is 66.8 Å². The monoisotopic (exact) mass is 607 g/mol. The van der Waals surface area contributed by atoms with Gasteiger partial charge >= 0.3 is 5.97 Å². The molecule has 0 unspecified atom stereocenters. The van der Waals surface area contributed by atoms with Gasteiger partial charge in [-0.25, -0.2) is 23.7 Å². The van der Waals surface area contributed by atoms with Gasteiger partial charge in [0.2, 0.25) is 0 Å². The second kappa shape index (κ2) is 12.5. The Morgan fingerprint density at radius 1 is 1.09 bits per heavy atom. The summed E-state index contributed by atoms with van der Waals surface area (Å²) in [5, 5.41) is 3.32. The lowest BCUT2D eigenvalue weighted by Crippen LogP contribution is -2.48. The molecule has 1 saturated heterocycles. The smallest absolute Gasteiger partial charge is 0.360 e. The van der Waals surface area contributed by atoms with E-state index in [0.29, 0.717) is 42.8 Å². The van der Waals surface area contributed by atoms with Crippen LogP contribution in [0.5, 0.6) is 11.5 Å². The van der Waals surface area contributed by atoms with Gasteiger partial charge in [0.1, 0.15) is 17.3 Å². The standard InChI is InChI=1S/C32H41N5O5S/c1-31(2,3)43(39)36-28-24-10-8-7-9-21(24)18-32(28)13-15-37(16-14-32)29-27(30(38)42-6)34-20-26(35-29)33-19-22-11-12-23(40-4)17-25(22)41-5/h7-12,17,20,28,36H,13-16,18-19H2,1-6H3,(H,33,35)/t28-,43-/m1/s1. The molecule has 3 aromatic rings. The zero-order valence-corrected chi connectivity index (χ0v) is 26.5. The first-order valence-corrected chi connectivity index (χ1v) is 15.6. The number of esters is 1. The number of nitrogens with one attached hydrogen (secondary N) is 2. The Morgan fingerprint density at radius 3 is 2.51 bits per heavy atom. The Bertz CT molecular complexity index is 1500. The fourth-order valence-electron chi connectivity index (χ4n) is 6.00. The Labute approximate surface area is 256 Å². The molecular formula is C32H41N5O5S. The molecule has 11 heteroatoms. The number of nitrogens with zero attached hydrogens (tertiary/aromatic N) is 3. The van der Waals surface area contributed by atoms with Crippen molar-refractivity contribution in [3.05, 3.63) is 71.0 Å². The molecule has 0 bridgehead atoms. The van der Waals surface area contributed by atoms with E-state index in [1.165, 1.54) is 18.2 Å². The van der Waals surface area contributed by atoms with E-state index in [9.17, 15) is 9.00 Å². The highest BCUT2D eigenvalue weighted by molar-refractivity contribution is 7.84. The van der Waals surface area contributed by atoms with Crippen molar-refractivity contribution >= 4 is 28.6 Å². The summed E-state index contributed by atoms with van der Waals surface area (Å²) in [5.74, 6) is 1.90. The molecule has 1 aromatic heterocycles. The molecule has 0 radical (unpaired) electrons. The lowest BCUT2D eigenvalue weighted by atomic mass is 9.73. The van der Waals surface area contributed by atoms with E-state index in [4.69, 9.17) is 19.2 Å². The highest BCUT2D eigenvalue weighted by Crippen LogP contribution is 2.52. The van der Waals surface area contributed by atoms with E-state index in [2.05, 4.69) is 44.2 Å². The molecule has 2 N–H and O–H groups in total. The Balaban J connectivity index is 1.37. The van der Waals surface area contributed by atoms with Gasteiger partial charge in [0.15, 0.2) is 11.5 Å². The van der Waals surface area contributed by atoms with Crippen LogP contribution in [0.3, 0.4) is 0 Å². The summed E-state index contributed by atoms with van der Waals surface area (Å²) >= 11 is 0. The number of methoxy groups -OCH3 is 3. The van der Waals surface area contributed by atoms with Gasteiger partial charge in [0.05, 0.1) is 49.3 Å². The zero-order valence-electron chi connectivity index (χ0n) is 25.7. The number of carbonyl (C=O) groups excluding carboxylic acids is 1. The molecule has 0 saturated carbocycles. The number of fused-ring (bicyclic) bond motifs is 1. The average molecular weight is 608 g/mol. The SMILES string of the molecule is COC(=O)c1ncc(NCc2ccc(OC)cc2OC)nc1N1CCC2(CC1)Cc1ccccc1[C@H]2N[S@](=O)C(C)(C)C. The summed E-state index contributed by atoms with van der Waals surface area (Å²) in [4.78, 5) is 24.2. The number of rotatable bonds is 9. The van der Waals surface area contributed by atoms with Crippen molar-refractivity contribution in [2.45, 2.75) is 57.4 Å². The van der Waals surface area contributed by atoms with E-state index >= 15 is 0 Å². The number of hydrogen-bond donors (Lipinski definition) is 2. The quantitative estimate of drug-likeness (QED) is 0.330. The van der Waals surface area contributed by atoms with E-state index in [-0.39, 0.29) is 21.9 Å². The molecule has 2 atom stereocenters. The van der Waals surface area contributed by atoms with Crippen LogP contribution in [0.4, 0.5) is 11.6 Å². The van der Waals surface area contributed by atoms with Gasteiger partial charge in [-0.1, -0.05) is 24.3 Å². The first-order chi connectivity index (χ1) is 20.6. The predicted molar refractivity (Wildman–Crippen MR) is 168 cm³/mol. The van der Waals surface area contributed by atoms with Crippen LogP contribution >= 0.6 is 0 Å². The molecule has 43 heavy (non-hydrogen) atoms. The molecule has 1 aliphatic carbocycles. The van der Waals surface area contributed by atoms with Gasteiger partial charge in [-0.05, 0) is 68.7 Å². The van der Waals surface area contributed by atoms with Crippen molar-refractivity contribution in [3.8, 4) is 11.5 Å². The maximum Gasteiger partial charge on any atom is 0.360 e. The fraction of sp³-hybridized carbons (Fsp3) is 0.469. The van der Waals surface area contributed by atoms with E-state index in [0.717, 1.165) is 24.8 Å². The first kappa shape index (κ1) is 30.7. The van der Waals surface area contributed by atoms with Crippen molar-refractivity contribution in [1.29, 1.82) is 0 Å². The minimum atomic E-state index is -1.22.